The third kappa shape index (κ3) is 2.96. The molecule has 2 heterocycles. The van der Waals surface area contributed by atoms with Gasteiger partial charge in [-0.3, -0.25) is 9.36 Å². The highest BCUT2D eigenvalue weighted by molar-refractivity contribution is 6.32. The lowest BCUT2D eigenvalue weighted by Gasteiger charge is -2.15. The number of benzene rings is 1. The summed E-state index contributed by atoms with van der Waals surface area (Å²) in [6.07, 6.45) is 6.78. The molecule has 1 aromatic carbocycles. The van der Waals surface area contributed by atoms with Crippen LogP contribution in [0.25, 0.3) is 11.2 Å². The number of aromatic nitrogens is 4. The molecule has 0 bridgehead atoms. The van der Waals surface area contributed by atoms with Gasteiger partial charge < -0.3 is 10.4 Å². The van der Waals surface area contributed by atoms with E-state index in [0.717, 1.165) is 31.7 Å². The Morgan fingerprint density at radius 1 is 1.23 bits per heavy atom. The molecule has 0 aliphatic heterocycles. The maximum atomic E-state index is 13.6. The van der Waals surface area contributed by atoms with E-state index in [1.165, 1.54) is 18.5 Å². The van der Waals surface area contributed by atoms with Crippen LogP contribution in [-0.2, 0) is 0 Å². The number of nitrogens with zero attached hydrogens (tertiary/aromatic N) is 4. The molecule has 2 N–H and O–H groups in total. The quantitative estimate of drug-likeness (QED) is 0.680. The second-order valence-electron chi connectivity index (χ2n) is 6.22. The fourth-order valence-corrected chi connectivity index (χ4v) is 3.48. The first-order valence-electron chi connectivity index (χ1n) is 8.22. The minimum absolute atomic E-state index is 0.0938. The fourth-order valence-electron chi connectivity index (χ4n) is 3.27. The first-order valence-corrected chi connectivity index (χ1v) is 8.60. The highest BCUT2D eigenvalue weighted by Crippen LogP contribution is 2.32. The Bertz CT molecular complexity index is 1030. The molecule has 3 aromatic rings. The predicted octanol–water partition coefficient (Wildman–Crippen LogP) is 3.54. The molecule has 0 atom stereocenters. The van der Waals surface area contributed by atoms with Crippen molar-refractivity contribution in [3.63, 3.8) is 0 Å². The average Bonchev–Trinajstić information content (AvgIpc) is 3.13. The van der Waals surface area contributed by atoms with Crippen molar-refractivity contribution < 1.29 is 9.50 Å². The molecule has 1 fully saturated rings. The van der Waals surface area contributed by atoms with Gasteiger partial charge in [-0.2, -0.15) is 4.98 Å². The van der Waals surface area contributed by atoms with Crippen LogP contribution in [0.5, 0.6) is 5.75 Å². The van der Waals surface area contributed by atoms with Crippen molar-refractivity contribution in [2.75, 3.05) is 5.32 Å². The largest absolute Gasteiger partial charge is 0.504 e. The zero-order valence-corrected chi connectivity index (χ0v) is 14.4. The minimum Gasteiger partial charge on any atom is -0.504 e. The molecular formula is C17H15ClFN5O2. The smallest absolute Gasteiger partial charge is 0.270 e. The van der Waals surface area contributed by atoms with E-state index >= 15 is 0 Å². The van der Waals surface area contributed by atoms with Gasteiger partial charge >= 0.3 is 0 Å². The maximum Gasteiger partial charge on any atom is 0.270 e. The van der Waals surface area contributed by atoms with Gasteiger partial charge in [0.05, 0.1) is 17.4 Å². The number of halogens is 2. The normalized spacial score (nSPS) is 14.8. The topological polar surface area (TPSA) is 92.9 Å². The Morgan fingerprint density at radius 2 is 2.00 bits per heavy atom. The molecule has 0 radical (unpaired) electrons. The lowest BCUT2D eigenvalue weighted by atomic mass is 10.2. The third-order valence-corrected chi connectivity index (χ3v) is 4.78. The molecule has 0 spiro atoms. The molecular weight excluding hydrogens is 361 g/mol. The number of hydrogen-bond donors (Lipinski definition) is 2. The molecule has 0 unspecified atom stereocenters. The Labute approximate surface area is 152 Å². The molecule has 0 amide bonds. The van der Waals surface area contributed by atoms with E-state index in [1.807, 2.05) is 0 Å². The molecule has 2 aromatic heterocycles. The summed E-state index contributed by atoms with van der Waals surface area (Å²) in [5.41, 5.74) is 1.03. The van der Waals surface area contributed by atoms with E-state index in [0.29, 0.717) is 11.2 Å². The van der Waals surface area contributed by atoms with Gasteiger partial charge in [0.2, 0.25) is 5.95 Å². The Kier molecular flexibility index (Phi) is 4.20. The van der Waals surface area contributed by atoms with Gasteiger partial charge in [-0.25, -0.2) is 14.4 Å². The fraction of sp³-hybridized carbons (Fsp3) is 0.294. The van der Waals surface area contributed by atoms with Crippen LogP contribution in [0, 0.1) is 5.82 Å². The molecule has 1 aliphatic carbocycles. The van der Waals surface area contributed by atoms with Crippen molar-refractivity contribution in [3.8, 4) is 5.75 Å². The van der Waals surface area contributed by atoms with E-state index in [2.05, 4.69) is 20.3 Å². The van der Waals surface area contributed by atoms with Crippen LogP contribution in [0.2, 0.25) is 5.02 Å². The summed E-state index contributed by atoms with van der Waals surface area (Å²) in [5.74, 6) is -1.29. The third-order valence-electron chi connectivity index (χ3n) is 4.49. The van der Waals surface area contributed by atoms with E-state index < -0.39 is 11.6 Å². The van der Waals surface area contributed by atoms with Crippen LogP contribution in [0.15, 0.2) is 29.3 Å². The van der Waals surface area contributed by atoms with Gasteiger partial charge in [0.15, 0.2) is 17.2 Å². The number of rotatable bonds is 3. The van der Waals surface area contributed by atoms with Crippen molar-refractivity contribution in [1.29, 1.82) is 0 Å². The lowest BCUT2D eigenvalue weighted by Crippen LogP contribution is -2.24. The molecule has 1 aliphatic rings. The van der Waals surface area contributed by atoms with Crippen LogP contribution in [0.4, 0.5) is 16.0 Å². The second-order valence-corrected chi connectivity index (χ2v) is 6.63. The van der Waals surface area contributed by atoms with Gasteiger partial charge in [-0.05, 0) is 18.9 Å². The van der Waals surface area contributed by atoms with Gasteiger partial charge in [0.1, 0.15) is 5.52 Å². The van der Waals surface area contributed by atoms with E-state index in [4.69, 9.17) is 11.6 Å². The Balaban J connectivity index is 1.77. The molecule has 134 valence electrons. The molecule has 0 saturated heterocycles. The number of phenols is 1. The van der Waals surface area contributed by atoms with Crippen molar-refractivity contribution in [1.82, 2.24) is 19.5 Å². The van der Waals surface area contributed by atoms with E-state index in [9.17, 15) is 14.3 Å². The van der Waals surface area contributed by atoms with Gasteiger partial charge in [-0.1, -0.05) is 24.4 Å². The number of nitrogens with one attached hydrogen (secondary N) is 1. The summed E-state index contributed by atoms with van der Waals surface area (Å²) < 4.78 is 15.3. The minimum atomic E-state index is -0.856. The summed E-state index contributed by atoms with van der Waals surface area (Å²) in [7, 11) is 0. The summed E-state index contributed by atoms with van der Waals surface area (Å²) >= 11 is 5.79. The number of phenolic OH excluding ortho intramolecular Hbond substituents is 1. The maximum absolute atomic E-state index is 13.6. The molecule has 26 heavy (non-hydrogen) atoms. The standard InChI is InChI=1S/C17H15ClFN5O2/c18-11-5-9(6-12(19)15(11)26)22-17-21-7-13-16(23-17)24(14(25)8-20-13)10-3-1-2-4-10/h5-8,10,26H,1-4H2,(H,21,22,23). The van der Waals surface area contributed by atoms with Crippen molar-refractivity contribution in [3.05, 3.63) is 45.7 Å². The number of anilines is 2. The Hall–Kier alpha value is -2.74. The van der Waals surface area contributed by atoms with Crippen LogP contribution in [0.3, 0.4) is 0 Å². The summed E-state index contributed by atoms with van der Waals surface area (Å²) in [5, 5.41) is 12.1. The number of hydrogen-bond acceptors (Lipinski definition) is 6. The van der Waals surface area contributed by atoms with Gasteiger partial charge in [-0.15, -0.1) is 0 Å². The highest BCUT2D eigenvalue weighted by atomic mass is 35.5. The van der Waals surface area contributed by atoms with Crippen LogP contribution in [0.1, 0.15) is 31.7 Å². The Morgan fingerprint density at radius 3 is 2.73 bits per heavy atom. The monoisotopic (exact) mass is 375 g/mol. The van der Waals surface area contributed by atoms with E-state index in [-0.39, 0.29) is 28.3 Å². The molecule has 7 nitrogen and oxygen atoms in total. The number of fused-ring (bicyclic) bond motifs is 1. The second kappa shape index (κ2) is 6.53. The molecule has 1 saturated carbocycles. The predicted molar refractivity (Wildman–Crippen MR) is 95.5 cm³/mol. The van der Waals surface area contributed by atoms with Crippen LogP contribution < -0.4 is 10.9 Å². The average molecular weight is 376 g/mol. The summed E-state index contributed by atoms with van der Waals surface area (Å²) in [4.78, 5) is 25.0. The van der Waals surface area contributed by atoms with Crippen LogP contribution in [-0.4, -0.2) is 24.6 Å². The molecule has 9 heteroatoms. The van der Waals surface area contributed by atoms with Gasteiger partial charge in [0.25, 0.3) is 5.56 Å². The van der Waals surface area contributed by atoms with E-state index in [1.54, 1.807) is 4.57 Å². The zero-order chi connectivity index (χ0) is 18.3. The van der Waals surface area contributed by atoms with Crippen LogP contribution >= 0.6 is 11.6 Å². The zero-order valence-electron chi connectivity index (χ0n) is 13.6. The van der Waals surface area contributed by atoms with Crippen molar-refractivity contribution >= 4 is 34.4 Å². The number of aromatic hydroxyl groups is 1. The first-order chi connectivity index (χ1) is 12.5. The van der Waals surface area contributed by atoms with Crippen molar-refractivity contribution in [2.24, 2.45) is 0 Å². The van der Waals surface area contributed by atoms with Crippen molar-refractivity contribution in [2.45, 2.75) is 31.7 Å². The SMILES string of the molecule is O=c1cnc2cnc(Nc3cc(F)c(O)c(Cl)c3)nc2n1C1CCCC1. The lowest BCUT2D eigenvalue weighted by molar-refractivity contribution is 0.433. The highest BCUT2D eigenvalue weighted by Gasteiger charge is 2.21. The molecule has 4 rings (SSSR count). The van der Waals surface area contributed by atoms with Gasteiger partial charge in [0, 0.05) is 17.8 Å². The first kappa shape index (κ1) is 16.7. The summed E-state index contributed by atoms with van der Waals surface area (Å²) in [6.45, 7) is 0. The summed E-state index contributed by atoms with van der Waals surface area (Å²) in [6, 6.07) is 2.54.